The van der Waals surface area contributed by atoms with Gasteiger partial charge in [0.25, 0.3) is 0 Å². The highest BCUT2D eigenvalue weighted by atomic mass is 19.4. The van der Waals surface area contributed by atoms with E-state index in [0.717, 1.165) is 40.6 Å². The van der Waals surface area contributed by atoms with Gasteiger partial charge in [0.15, 0.2) is 17.8 Å². The monoisotopic (exact) mass is 557 g/mol. The molecule has 5 aromatic rings. The molecule has 0 bridgehead atoms. The number of aryl methyl sites for hydroxylation is 2. The first-order chi connectivity index (χ1) is 18.8. The number of aromatic nitrogens is 3. The molecule has 3 aromatic carbocycles. The van der Waals surface area contributed by atoms with E-state index in [9.17, 15) is 26.3 Å². The number of rotatable bonds is 5. The van der Waals surface area contributed by atoms with Crippen LogP contribution in [0.4, 0.5) is 26.3 Å². The van der Waals surface area contributed by atoms with Gasteiger partial charge in [-0.3, -0.25) is 0 Å². The second kappa shape index (κ2) is 9.89. The van der Waals surface area contributed by atoms with E-state index in [1.165, 1.54) is 30.0 Å². The lowest BCUT2D eigenvalue weighted by molar-refractivity contribution is -0.274. The Balaban J connectivity index is 1.69. The SMILES string of the molecule is Cc1cccc(-c2ccc(-n3cc(C(F)(F)F)nc3C)c(-c3ocnc3-c3ccc(OC(F)(F)F)cc3)c2)c1C. The van der Waals surface area contributed by atoms with Gasteiger partial charge >= 0.3 is 12.5 Å². The molecule has 0 saturated heterocycles. The summed E-state index contributed by atoms with van der Waals surface area (Å²) in [6.07, 6.45) is -7.42. The van der Waals surface area contributed by atoms with Gasteiger partial charge in [0.1, 0.15) is 17.3 Å². The Morgan fingerprint density at radius 3 is 2.17 bits per heavy atom. The van der Waals surface area contributed by atoms with Gasteiger partial charge in [-0.15, -0.1) is 13.2 Å². The number of hydrogen-bond donors (Lipinski definition) is 0. The molecule has 206 valence electrons. The van der Waals surface area contributed by atoms with E-state index in [-0.39, 0.29) is 17.3 Å². The Hall–Kier alpha value is -4.54. The van der Waals surface area contributed by atoms with Crippen LogP contribution in [0.2, 0.25) is 0 Å². The lowest BCUT2D eigenvalue weighted by Crippen LogP contribution is -2.16. The third-order valence-electron chi connectivity index (χ3n) is 6.52. The average Bonchev–Trinajstić information content (AvgIpc) is 3.52. The lowest BCUT2D eigenvalue weighted by Gasteiger charge is -2.15. The maximum absolute atomic E-state index is 13.5. The second-order valence-electron chi connectivity index (χ2n) is 9.12. The van der Waals surface area contributed by atoms with Crippen molar-refractivity contribution < 1.29 is 35.5 Å². The number of imidazole rings is 1. The Kier molecular flexibility index (Phi) is 6.69. The minimum absolute atomic E-state index is 0.0998. The molecule has 0 spiro atoms. The van der Waals surface area contributed by atoms with Crippen LogP contribution in [0.15, 0.2) is 77.7 Å². The number of ether oxygens (including phenoxy) is 1. The van der Waals surface area contributed by atoms with Crippen LogP contribution in [-0.2, 0) is 6.18 Å². The van der Waals surface area contributed by atoms with Gasteiger partial charge in [-0.05, 0) is 79.4 Å². The van der Waals surface area contributed by atoms with E-state index in [0.29, 0.717) is 16.8 Å². The van der Waals surface area contributed by atoms with Crippen molar-refractivity contribution in [2.24, 2.45) is 0 Å². The summed E-state index contributed by atoms with van der Waals surface area (Å²) in [4.78, 5) is 7.96. The molecule has 0 aliphatic rings. The van der Waals surface area contributed by atoms with E-state index < -0.39 is 24.0 Å². The quantitative estimate of drug-likeness (QED) is 0.203. The van der Waals surface area contributed by atoms with E-state index in [1.807, 2.05) is 32.0 Å². The average molecular weight is 557 g/mol. The highest BCUT2D eigenvalue weighted by molar-refractivity contribution is 5.85. The summed E-state index contributed by atoms with van der Waals surface area (Å²) >= 11 is 0. The molecule has 0 fully saturated rings. The number of benzene rings is 3. The second-order valence-corrected chi connectivity index (χ2v) is 9.12. The van der Waals surface area contributed by atoms with E-state index in [2.05, 4.69) is 14.7 Å². The fraction of sp³-hybridized carbons (Fsp3) is 0.172. The molecule has 40 heavy (non-hydrogen) atoms. The fourth-order valence-corrected chi connectivity index (χ4v) is 4.47. The first-order valence-electron chi connectivity index (χ1n) is 12.0. The number of alkyl halides is 6. The lowest BCUT2D eigenvalue weighted by atomic mass is 9.94. The van der Waals surface area contributed by atoms with Crippen molar-refractivity contribution in [3.8, 4) is 45.1 Å². The van der Waals surface area contributed by atoms with Crippen LogP contribution in [0, 0.1) is 20.8 Å². The third kappa shape index (κ3) is 5.31. The Morgan fingerprint density at radius 2 is 1.52 bits per heavy atom. The molecule has 0 amide bonds. The van der Waals surface area contributed by atoms with Crippen LogP contribution < -0.4 is 4.74 Å². The molecule has 0 saturated carbocycles. The molecular formula is C29H21F6N3O2. The molecule has 0 aliphatic heterocycles. The molecule has 5 rings (SSSR count). The van der Waals surface area contributed by atoms with Crippen molar-refractivity contribution in [3.63, 3.8) is 0 Å². The molecule has 0 aliphatic carbocycles. The van der Waals surface area contributed by atoms with Gasteiger partial charge in [-0.25, -0.2) is 9.97 Å². The summed E-state index contributed by atoms with van der Waals surface area (Å²) in [5, 5.41) is 0. The Labute approximate surface area is 224 Å². The topological polar surface area (TPSA) is 53.1 Å². The normalized spacial score (nSPS) is 12.1. The van der Waals surface area contributed by atoms with Crippen LogP contribution >= 0.6 is 0 Å². The molecule has 2 aromatic heterocycles. The van der Waals surface area contributed by atoms with Crippen molar-refractivity contribution in [2.45, 2.75) is 33.3 Å². The van der Waals surface area contributed by atoms with Crippen LogP contribution in [0.1, 0.15) is 22.6 Å². The van der Waals surface area contributed by atoms with Crippen LogP contribution in [0.5, 0.6) is 5.75 Å². The van der Waals surface area contributed by atoms with Gasteiger partial charge in [-0.2, -0.15) is 13.2 Å². The molecule has 0 radical (unpaired) electrons. The predicted molar refractivity (Wildman–Crippen MR) is 136 cm³/mol. The zero-order chi connectivity index (χ0) is 28.8. The van der Waals surface area contributed by atoms with Crippen molar-refractivity contribution >= 4 is 0 Å². The maximum Gasteiger partial charge on any atom is 0.573 e. The third-order valence-corrected chi connectivity index (χ3v) is 6.52. The summed E-state index contributed by atoms with van der Waals surface area (Å²) in [7, 11) is 0. The van der Waals surface area contributed by atoms with Crippen molar-refractivity contribution in [1.29, 1.82) is 0 Å². The minimum atomic E-state index is -4.85. The molecule has 0 N–H and O–H groups in total. The van der Waals surface area contributed by atoms with Crippen molar-refractivity contribution in [1.82, 2.24) is 14.5 Å². The smallest absolute Gasteiger partial charge is 0.443 e. The first kappa shape index (κ1) is 27.0. The highest BCUT2D eigenvalue weighted by Gasteiger charge is 2.35. The van der Waals surface area contributed by atoms with E-state index >= 15 is 0 Å². The number of nitrogens with zero attached hydrogens (tertiary/aromatic N) is 3. The van der Waals surface area contributed by atoms with Crippen LogP contribution in [0.3, 0.4) is 0 Å². The van der Waals surface area contributed by atoms with Crippen LogP contribution in [-0.4, -0.2) is 20.9 Å². The van der Waals surface area contributed by atoms with Crippen molar-refractivity contribution in [3.05, 3.63) is 95.9 Å². The Morgan fingerprint density at radius 1 is 0.825 bits per heavy atom. The molecule has 11 heteroatoms. The summed E-state index contributed by atoms with van der Waals surface area (Å²) in [6.45, 7) is 5.40. The van der Waals surface area contributed by atoms with Gasteiger partial charge in [0.05, 0.1) is 5.69 Å². The first-order valence-corrected chi connectivity index (χ1v) is 12.0. The summed E-state index contributed by atoms with van der Waals surface area (Å²) in [6, 6.07) is 16.1. The summed E-state index contributed by atoms with van der Waals surface area (Å²) < 4.78 is 89.3. The largest absolute Gasteiger partial charge is 0.573 e. The minimum Gasteiger partial charge on any atom is -0.443 e. The molecule has 0 unspecified atom stereocenters. The zero-order valence-electron chi connectivity index (χ0n) is 21.4. The van der Waals surface area contributed by atoms with E-state index in [4.69, 9.17) is 4.42 Å². The van der Waals surface area contributed by atoms with Gasteiger partial charge in [0.2, 0.25) is 0 Å². The summed E-state index contributed by atoms with van der Waals surface area (Å²) in [5.74, 6) is -0.0938. The van der Waals surface area contributed by atoms with Crippen LogP contribution in [0.25, 0.3) is 39.4 Å². The fourth-order valence-electron chi connectivity index (χ4n) is 4.47. The molecule has 5 nitrogen and oxygen atoms in total. The maximum atomic E-state index is 13.5. The highest BCUT2D eigenvalue weighted by Crippen LogP contribution is 2.40. The van der Waals surface area contributed by atoms with E-state index in [1.54, 1.807) is 18.2 Å². The Bertz CT molecular complexity index is 1680. The molecule has 0 atom stereocenters. The standard InChI is InChI=1S/C29H21F6N3O2/c1-16-5-4-6-22(17(16)2)20-9-12-24(38-14-25(28(30,31)32)37-18(38)3)23(13-20)27-26(36-15-39-27)19-7-10-21(11-8-19)40-29(33,34)35/h4-15H,1-3H3. The summed E-state index contributed by atoms with van der Waals surface area (Å²) in [5.41, 5.74) is 4.20. The zero-order valence-corrected chi connectivity index (χ0v) is 21.4. The van der Waals surface area contributed by atoms with Gasteiger partial charge < -0.3 is 13.7 Å². The number of oxazole rings is 1. The van der Waals surface area contributed by atoms with Gasteiger partial charge in [-0.1, -0.05) is 24.3 Å². The number of hydrogen-bond acceptors (Lipinski definition) is 4. The van der Waals surface area contributed by atoms with Crippen molar-refractivity contribution in [2.75, 3.05) is 0 Å². The molecular weight excluding hydrogens is 536 g/mol. The van der Waals surface area contributed by atoms with Gasteiger partial charge in [0, 0.05) is 17.3 Å². The number of halogens is 6. The molecule has 2 heterocycles. The predicted octanol–water partition coefficient (Wildman–Crippen LogP) is 8.70.